The summed E-state index contributed by atoms with van der Waals surface area (Å²) in [6.45, 7) is 24.6. The van der Waals surface area contributed by atoms with Crippen molar-refractivity contribution in [2.24, 2.45) is 27.6 Å². The molecular formula is C39H70N7O6S+. The predicted molar refractivity (Wildman–Crippen MR) is 210 cm³/mol. The number of morpholine rings is 1. The molecule has 0 bridgehead atoms. The van der Waals surface area contributed by atoms with Crippen molar-refractivity contribution in [3.63, 3.8) is 0 Å². The number of urea groups is 1. The number of ketones is 1. The molecule has 0 radical (unpaired) electrons. The van der Waals surface area contributed by atoms with Gasteiger partial charge in [-0.05, 0) is 66.1 Å². The Hall–Kier alpha value is -2.42. The maximum atomic E-state index is 14.9. The van der Waals surface area contributed by atoms with E-state index in [1.807, 2.05) is 27.7 Å². The number of hydrogen-bond donors (Lipinski definition) is 5. The average molecular weight is 765 g/mol. The van der Waals surface area contributed by atoms with Crippen LogP contribution in [0, 0.1) is 27.6 Å². The molecule has 5 N–H and O–H groups in total. The summed E-state index contributed by atoms with van der Waals surface area (Å²) in [6, 6.07) is -3.44. The summed E-state index contributed by atoms with van der Waals surface area (Å²) in [5, 5.41) is 11.9. The molecule has 4 fully saturated rings. The SMILES string of the molecule is CCCC(NC(=O)[C@@H]1C[C@@]2(C[C@@H](C)CCC2(C)C)CN1C(=O)[C@@H](NC(=O)N[C@@H](CN[SH+]N1CCOCC1)C(C)(C)C)C(C)(C)C)C(=O)C(=O)NC1CC1. The first-order valence-corrected chi connectivity index (χ1v) is 20.8. The highest BCUT2D eigenvalue weighted by Crippen LogP contribution is 2.58. The summed E-state index contributed by atoms with van der Waals surface area (Å²) in [6.07, 6.45) is 5.98. The molecule has 4 aliphatic rings. The van der Waals surface area contributed by atoms with Gasteiger partial charge in [-0.15, -0.1) is 9.03 Å². The summed E-state index contributed by atoms with van der Waals surface area (Å²) in [5.74, 6) is -1.64. The van der Waals surface area contributed by atoms with Crippen molar-refractivity contribution in [3.8, 4) is 0 Å². The van der Waals surface area contributed by atoms with Gasteiger partial charge in [-0.25, -0.2) is 4.79 Å². The van der Waals surface area contributed by atoms with Crippen LogP contribution in [0.1, 0.15) is 121 Å². The molecule has 14 heteroatoms. The van der Waals surface area contributed by atoms with Gasteiger partial charge in [-0.3, -0.25) is 19.2 Å². The molecule has 2 aliphatic carbocycles. The van der Waals surface area contributed by atoms with E-state index >= 15 is 0 Å². The van der Waals surface area contributed by atoms with E-state index in [4.69, 9.17) is 4.74 Å². The molecule has 2 heterocycles. The van der Waals surface area contributed by atoms with Gasteiger partial charge in [-0.1, -0.05) is 82.1 Å². The van der Waals surface area contributed by atoms with Gasteiger partial charge >= 0.3 is 6.03 Å². The Morgan fingerprint density at radius 1 is 0.906 bits per heavy atom. The quantitative estimate of drug-likeness (QED) is 0.102. The molecular weight excluding hydrogens is 695 g/mol. The van der Waals surface area contributed by atoms with Crippen LogP contribution in [0.25, 0.3) is 0 Å². The largest absolute Gasteiger partial charge is 0.378 e. The van der Waals surface area contributed by atoms with Crippen LogP contribution in [-0.2, 0) is 36.0 Å². The normalized spacial score (nSPS) is 26.7. The van der Waals surface area contributed by atoms with E-state index in [1.54, 1.807) is 4.90 Å². The number of hydrogen-bond acceptors (Lipinski definition) is 8. The van der Waals surface area contributed by atoms with Crippen LogP contribution in [0.4, 0.5) is 4.79 Å². The smallest absolute Gasteiger partial charge is 0.315 e. The van der Waals surface area contributed by atoms with Crippen LogP contribution in [0.3, 0.4) is 0 Å². The van der Waals surface area contributed by atoms with E-state index in [1.165, 1.54) is 0 Å². The maximum absolute atomic E-state index is 14.9. The average Bonchev–Trinajstić information content (AvgIpc) is 3.80. The highest BCUT2D eigenvalue weighted by atomic mass is 32.2. The Kier molecular flexibility index (Phi) is 14.4. The molecule has 302 valence electrons. The molecule has 1 spiro atoms. The maximum Gasteiger partial charge on any atom is 0.315 e. The van der Waals surface area contributed by atoms with Crippen LogP contribution in [0.15, 0.2) is 0 Å². The van der Waals surface area contributed by atoms with E-state index in [9.17, 15) is 24.0 Å². The number of carbonyl (C=O) groups excluding carboxylic acids is 5. The van der Waals surface area contributed by atoms with Crippen LogP contribution in [0.2, 0.25) is 0 Å². The van der Waals surface area contributed by atoms with Gasteiger partial charge in [-0.2, -0.15) is 0 Å². The fourth-order valence-corrected chi connectivity index (χ4v) is 8.90. The summed E-state index contributed by atoms with van der Waals surface area (Å²) in [4.78, 5) is 70.9. The third-order valence-corrected chi connectivity index (χ3v) is 13.0. The Morgan fingerprint density at radius 2 is 1.57 bits per heavy atom. The minimum atomic E-state index is -0.981. The van der Waals surface area contributed by atoms with Crippen molar-refractivity contribution in [1.29, 1.82) is 0 Å². The monoisotopic (exact) mass is 765 g/mol. The zero-order valence-corrected chi connectivity index (χ0v) is 35.0. The highest BCUT2D eigenvalue weighted by Gasteiger charge is 2.58. The van der Waals surface area contributed by atoms with Gasteiger partial charge < -0.3 is 30.9 Å². The van der Waals surface area contributed by atoms with Gasteiger partial charge in [0.1, 0.15) is 12.1 Å². The number of likely N-dealkylation sites (tertiary alicyclic amines) is 1. The van der Waals surface area contributed by atoms with Crippen molar-refractivity contribution in [2.75, 3.05) is 39.4 Å². The first-order valence-electron chi connectivity index (χ1n) is 20.0. The highest BCUT2D eigenvalue weighted by molar-refractivity contribution is 7.73. The molecule has 0 aromatic rings. The lowest BCUT2D eigenvalue weighted by atomic mass is 9.54. The van der Waals surface area contributed by atoms with E-state index in [-0.39, 0.29) is 34.2 Å². The number of amides is 5. The zero-order valence-electron chi connectivity index (χ0n) is 34.2. The van der Waals surface area contributed by atoms with E-state index < -0.39 is 47.2 Å². The van der Waals surface area contributed by atoms with Gasteiger partial charge in [0.25, 0.3) is 5.91 Å². The van der Waals surface area contributed by atoms with E-state index in [2.05, 4.69) is 71.8 Å². The van der Waals surface area contributed by atoms with Crippen molar-refractivity contribution in [3.05, 3.63) is 0 Å². The molecule has 13 nitrogen and oxygen atoms in total. The number of thiol groups is 1. The summed E-state index contributed by atoms with van der Waals surface area (Å²) in [5.41, 5.74) is -1.44. The molecule has 5 amide bonds. The first kappa shape index (κ1) is 43.3. The molecule has 2 saturated heterocycles. The molecule has 4 rings (SSSR count). The van der Waals surface area contributed by atoms with Gasteiger partial charge in [0, 0.05) is 12.6 Å². The number of rotatable bonds is 14. The third-order valence-electron chi connectivity index (χ3n) is 12.0. The van der Waals surface area contributed by atoms with Gasteiger partial charge in [0.15, 0.2) is 12.1 Å². The van der Waals surface area contributed by atoms with Crippen LogP contribution < -0.4 is 26.0 Å². The number of ether oxygens (including phenoxy) is 1. The molecule has 2 saturated carbocycles. The fourth-order valence-electron chi connectivity index (χ4n) is 8.08. The lowest BCUT2D eigenvalue weighted by Gasteiger charge is -2.50. The fraction of sp³-hybridized carbons (Fsp3) is 0.872. The van der Waals surface area contributed by atoms with Crippen molar-refractivity contribution >= 4 is 41.7 Å². The molecule has 6 atom stereocenters. The Bertz CT molecular complexity index is 1320. The number of nitrogens with zero attached hydrogens (tertiary/aromatic N) is 2. The second kappa shape index (κ2) is 17.6. The Morgan fingerprint density at radius 3 is 2.15 bits per heavy atom. The summed E-state index contributed by atoms with van der Waals surface area (Å²) < 4.78 is 11.2. The van der Waals surface area contributed by atoms with Crippen LogP contribution in [-0.4, -0.2) is 108 Å². The number of carbonyl (C=O) groups is 5. The topological polar surface area (TPSA) is 161 Å². The van der Waals surface area contributed by atoms with E-state index in [0.29, 0.717) is 51.5 Å². The molecule has 53 heavy (non-hydrogen) atoms. The summed E-state index contributed by atoms with van der Waals surface area (Å²) >= 11 is 0.968. The second-order valence-corrected chi connectivity index (χ2v) is 20.1. The lowest BCUT2D eigenvalue weighted by molar-refractivity contribution is -0.144. The minimum Gasteiger partial charge on any atom is -0.378 e. The Balaban J connectivity index is 1.56. The molecule has 0 aromatic carbocycles. The Labute approximate surface area is 322 Å². The molecule has 2 aliphatic heterocycles. The lowest BCUT2D eigenvalue weighted by Crippen LogP contribution is -2.62. The molecule has 1 unspecified atom stereocenters. The van der Waals surface area contributed by atoms with Crippen LogP contribution >= 0.6 is 0 Å². The molecule has 0 aromatic heterocycles. The zero-order chi connectivity index (χ0) is 39.4. The number of Topliss-reactive ketones (excluding diaryl/α,β-unsaturated/α-hetero) is 1. The second-order valence-electron chi connectivity index (χ2n) is 19.0. The predicted octanol–water partition coefficient (Wildman–Crippen LogP) is 3.25. The van der Waals surface area contributed by atoms with E-state index in [0.717, 1.165) is 57.3 Å². The minimum absolute atomic E-state index is 0.0199. The standard InChI is InChI=1S/C39H69N7O6S/c1-11-12-27(30(47)33(49)41-26-13-14-26)42-32(48)28-22-39(21-25(2)15-16-38(39,9)10)24-46(28)34(50)31(37(6,7)8)44-35(51)43-29(36(3,4)5)23-40-53-45-17-19-52-20-18-45/h25-29,31,40H,11-24H2,1-10H3,(H,41,49)(H,42,48)(H2,43,44,51)/p+1/t25-,27?,28-,29-,31+,39-/m0/s1. The summed E-state index contributed by atoms with van der Waals surface area (Å²) in [7, 11) is 0. The van der Waals surface area contributed by atoms with Crippen molar-refractivity contribution in [2.45, 2.75) is 151 Å². The van der Waals surface area contributed by atoms with Crippen molar-refractivity contribution < 1.29 is 28.7 Å². The van der Waals surface area contributed by atoms with Crippen LogP contribution in [0.5, 0.6) is 0 Å². The van der Waals surface area contributed by atoms with Crippen molar-refractivity contribution in [1.82, 2.24) is 35.2 Å². The first-order chi connectivity index (χ1) is 24.7. The third kappa shape index (κ3) is 11.3. The number of nitrogens with one attached hydrogen (secondary N) is 5. The van der Waals surface area contributed by atoms with Gasteiger partial charge in [0.2, 0.25) is 17.6 Å². The van der Waals surface area contributed by atoms with Gasteiger partial charge in [0.05, 0.1) is 44.9 Å².